The van der Waals surface area contributed by atoms with E-state index in [4.69, 9.17) is 4.84 Å². The highest BCUT2D eigenvalue weighted by Gasteiger charge is 2.59. The summed E-state index contributed by atoms with van der Waals surface area (Å²) in [6.07, 6.45) is 11.3. The zero-order valence-corrected chi connectivity index (χ0v) is 21.7. The van der Waals surface area contributed by atoms with Crippen LogP contribution >= 0.6 is 0 Å². The van der Waals surface area contributed by atoms with Gasteiger partial charge in [0.15, 0.2) is 0 Å². The van der Waals surface area contributed by atoms with Crippen molar-refractivity contribution in [3.05, 3.63) is 11.6 Å². The summed E-state index contributed by atoms with van der Waals surface area (Å²) in [4.78, 5) is 18.6. The molecule has 1 aliphatic heterocycles. The van der Waals surface area contributed by atoms with Crippen LogP contribution in [-0.2, 0) is 9.63 Å². The van der Waals surface area contributed by atoms with E-state index in [1.807, 2.05) is 0 Å². The lowest BCUT2D eigenvalue weighted by atomic mass is 9.47. The van der Waals surface area contributed by atoms with Crippen LogP contribution in [0.2, 0.25) is 0 Å². The number of fused-ring (bicyclic) bond motifs is 7. The molecule has 6 aliphatic rings. The minimum absolute atomic E-state index is 0.0453. The van der Waals surface area contributed by atoms with E-state index in [0.717, 1.165) is 43.4 Å². The Morgan fingerprint density at radius 3 is 2.66 bits per heavy atom. The van der Waals surface area contributed by atoms with E-state index < -0.39 is 24.4 Å². The minimum atomic E-state index is -0.890. The van der Waals surface area contributed by atoms with Crippen LogP contribution in [0.3, 0.4) is 0 Å². The Hall–Kier alpha value is -0.950. The molecule has 0 spiro atoms. The fourth-order valence-electron chi connectivity index (χ4n) is 10.1. The van der Waals surface area contributed by atoms with Crippen molar-refractivity contribution in [1.82, 2.24) is 5.06 Å². The fourth-order valence-corrected chi connectivity index (χ4v) is 10.1. The van der Waals surface area contributed by atoms with Crippen molar-refractivity contribution in [1.29, 1.82) is 0 Å². The lowest BCUT2D eigenvalue weighted by Gasteiger charge is -2.58. The Bertz CT molecular complexity index is 888. The molecule has 12 atom stereocenters. The Morgan fingerprint density at radius 2 is 1.91 bits per heavy atom. The third-order valence-electron chi connectivity index (χ3n) is 12.0. The van der Waals surface area contributed by atoms with Crippen molar-refractivity contribution in [2.24, 2.45) is 40.4 Å². The van der Waals surface area contributed by atoms with Crippen molar-refractivity contribution in [3.8, 4) is 0 Å². The van der Waals surface area contributed by atoms with E-state index in [1.165, 1.54) is 42.7 Å². The second kappa shape index (κ2) is 8.54. The average molecular weight is 488 g/mol. The predicted octanol–water partition coefficient (Wildman–Crippen LogP) is 3.98. The Labute approximate surface area is 210 Å². The fraction of sp³-hybridized carbons (Fsp3) is 0.897. The normalized spacial score (nSPS) is 51.4. The summed E-state index contributed by atoms with van der Waals surface area (Å²) in [5.41, 5.74) is 2.17. The van der Waals surface area contributed by atoms with E-state index in [9.17, 15) is 20.1 Å². The summed E-state index contributed by atoms with van der Waals surface area (Å²) in [5, 5.41) is 31.7. The van der Waals surface area contributed by atoms with Gasteiger partial charge in [-0.25, -0.2) is 5.06 Å². The Morgan fingerprint density at radius 1 is 1.11 bits per heavy atom. The number of hydrogen-bond donors (Lipinski definition) is 3. The molecule has 1 heterocycles. The van der Waals surface area contributed by atoms with Crippen molar-refractivity contribution in [3.63, 3.8) is 0 Å². The van der Waals surface area contributed by atoms with Crippen LogP contribution in [0, 0.1) is 40.4 Å². The minimum Gasteiger partial charge on any atom is -0.393 e. The molecular formula is C29H45NO5. The third kappa shape index (κ3) is 3.60. The lowest BCUT2D eigenvalue weighted by molar-refractivity contribution is -0.239. The molecule has 35 heavy (non-hydrogen) atoms. The van der Waals surface area contributed by atoms with Gasteiger partial charge in [0.05, 0.1) is 12.1 Å². The summed E-state index contributed by atoms with van der Waals surface area (Å²) in [6, 6.07) is -0.395. The number of aliphatic hydroxyl groups excluding tert-OH is 3. The molecule has 1 saturated heterocycles. The third-order valence-corrected chi connectivity index (χ3v) is 12.0. The maximum atomic E-state index is 12.9. The highest BCUT2D eigenvalue weighted by Crippen LogP contribution is 2.67. The Kier molecular flexibility index (Phi) is 5.95. The first-order valence-corrected chi connectivity index (χ1v) is 14.4. The standard InChI is InChI=1S/C29H45NO5/c1-16(4-9-25(32)30-23-15-24(35-30)27(34)26(23)33)20-7-8-21-19-6-5-17-14-18(31)10-12-28(17,2)22(19)11-13-29(20,21)3/h5,16,18-24,26-27,31,33-34H,4,6-15H2,1-3H3/t16-,18+,19+,20-,21+,22+,23+,24-,26-,27+,28+,29-/m1/s1. The largest absolute Gasteiger partial charge is 0.393 e. The van der Waals surface area contributed by atoms with Gasteiger partial charge in [-0.3, -0.25) is 9.63 Å². The number of nitrogens with zero attached hydrogens (tertiary/aromatic N) is 1. The van der Waals surface area contributed by atoms with Gasteiger partial charge in [-0.05, 0) is 98.2 Å². The molecule has 2 bridgehead atoms. The van der Waals surface area contributed by atoms with Gasteiger partial charge in [0.1, 0.15) is 18.3 Å². The number of carbonyl (C=O) groups excluding carboxylic acids is 1. The van der Waals surface area contributed by atoms with E-state index in [-0.39, 0.29) is 17.4 Å². The van der Waals surface area contributed by atoms with Gasteiger partial charge in [0.25, 0.3) is 0 Å². The van der Waals surface area contributed by atoms with Crippen LogP contribution < -0.4 is 0 Å². The number of allylic oxidation sites excluding steroid dienone is 1. The molecular weight excluding hydrogens is 442 g/mol. The number of hydroxylamine groups is 2. The summed E-state index contributed by atoms with van der Waals surface area (Å²) in [5.74, 6) is 3.37. The SMILES string of the molecule is C[C@H](CCC(=O)N1O[C@@H]2C[C@H]1[C@@H](O)[C@H]2O)[C@H]1CC[C@H]2[C@@H]3CC=C4C[C@@H](O)CC[C@]4(C)[C@H]3CC[C@]12C. The zero-order valence-electron chi connectivity index (χ0n) is 21.7. The predicted molar refractivity (Wildman–Crippen MR) is 132 cm³/mol. The second-order valence-corrected chi connectivity index (χ2v) is 13.5. The molecule has 0 aromatic heterocycles. The molecule has 0 aromatic rings. The number of aliphatic hydroxyl groups is 3. The Balaban J connectivity index is 1.10. The first kappa shape index (κ1) is 24.4. The molecule has 6 heteroatoms. The summed E-state index contributed by atoms with van der Waals surface area (Å²) in [7, 11) is 0. The molecule has 6 nitrogen and oxygen atoms in total. The number of rotatable bonds is 4. The van der Waals surface area contributed by atoms with Gasteiger partial charge in [0, 0.05) is 12.8 Å². The van der Waals surface area contributed by atoms with Crippen LogP contribution in [0.1, 0.15) is 91.4 Å². The molecule has 0 unspecified atom stereocenters. The van der Waals surface area contributed by atoms with Crippen molar-refractivity contribution in [2.75, 3.05) is 0 Å². The number of hydrogen-bond acceptors (Lipinski definition) is 5. The van der Waals surface area contributed by atoms with E-state index >= 15 is 0 Å². The molecule has 6 rings (SSSR count). The summed E-state index contributed by atoms with van der Waals surface area (Å²) < 4.78 is 0. The van der Waals surface area contributed by atoms with Crippen LogP contribution in [0.5, 0.6) is 0 Å². The summed E-state index contributed by atoms with van der Waals surface area (Å²) in [6.45, 7) is 7.39. The van der Waals surface area contributed by atoms with Crippen LogP contribution in [0.25, 0.3) is 0 Å². The van der Waals surface area contributed by atoms with Crippen LogP contribution in [0.15, 0.2) is 11.6 Å². The molecule has 3 N–H and O–H groups in total. The lowest BCUT2D eigenvalue weighted by Crippen LogP contribution is -2.51. The zero-order chi connectivity index (χ0) is 24.7. The maximum absolute atomic E-state index is 12.9. The number of carbonyl (C=O) groups is 1. The first-order chi connectivity index (χ1) is 16.6. The van der Waals surface area contributed by atoms with Gasteiger partial charge in [-0.2, -0.15) is 0 Å². The first-order valence-electron chi connectivity index (χ1n) is 14.4. The van der Waals surface area contributed by atoms with Gasteiger partial charge >= 0.3 is 0 Å². The quantitative estimate of drug-likeness (QED) is 0.522. The topological polar surface area (TPSA) is 90.2 Å². The van der Waals surface area contributed by atoms with Gasteiger partial charge in [0.2, 0.25) is 5.91 Å². The monoisotopic (exact) mass is 487 g/mol. The van der Waals surface area contributed by atoms with Gasteiger partial charge < -0.3 is 15.3 Å². The molecule has 1 amide bonds. The number of amides is 1. The smallest absolute Gasteiger partial charge is 0.246 e. The molecule has 5 fully saturated rings. The molecule has 0 aromatic carbocycles. The van der Waals surface area contributed by atoms with Gasteiger partial charge in [-0.1, -0.05) is 32.4 Å². The van der Waals surface area contributed by atoms with Crippen LogP contribution in [0.4, 0.5) is 0 Å². The molecule has 4 saturated carbocycles. The van der Waals surface area contributed by atoms with E-state index in [1.54, 1.807) is 0 Å². The molecule has 5 aliphatic carbocycles. The van der Waals surface area contributed by atoms with Crippen molar-refractivity contribution in [2.45, 2.75) is 122 Å². The van der Waals surface area contributed by atoms with Crippen LogP contribution in [-0.4, -0.2) is 56.7 Å². The van der Waals surface area contributed by atoms with E-state index in [0.29, 0.717) is 30.1 Å². The van der Waals surface area contributed by atoms with Gasteiger partial charge in [-0.15, -0.1) is 0 Å². The second-order valence-electron chi connectivity index (χ2n) is 13.5. The molecule has 196 valence electrons. The van der Waals surface area contributed by atoms with Crippen molar-refractivity contribution < 1.29 is 25.0 Å². The average Bonchev–Trinajstić information content (AvgIpc) is 3.50. The van der Waals surface area contributed by atoms with E-state index in [2.05, 4.69) is 26.8 Å². The highest BCUT2D eigenvalue weighted by molar-refractivity contribution is 5.76. The highest BCUT2D eigenvalue weighted by atomic mass is 16.7. The molecule has 0 radical (unpaired) electrons. The maximum Gasteiger partial charge on any atom is 0.246 e. The van der Waals surface area contributed by atoms with Crippen molar-refractivity contribution >= 4 is 5.91 Å². The summed E-state index contributed by atoms with van der Waals surface area (Å²) >= 11 is 0.